The molecule has 0 unspecified atom stereocenters. The van der Waals surface area contributed by atoms with Crippen molar-refractivity contribution in [2.45, 2.75) is 11.3 Å². The molecule has 1 aromatic heterocycles. The summed E-state index contributed by atoms with van der Waals surface area (Å²) in [7, 11) is 0.284. The van der Waals surface area contributed by atoms with Crippen LogP contribution in [-0.2, 0) is 10.0 Å². The van der Waals surface area contributed by atoms with Gasteiger partial charge in [0, 0.05) is 6.54 Å². The minimum Gasteiger partial charge on any atom is -0.408 e. The van der Waals surface area contributed by atoms with Gasteiger partial charge in [-0.25, -0.2) is 17.9 Å². The Kier molecular flexibility index (Phi) is 4.26. The normalized spacial score (nSPS) is 12.3. The van der Waals surface area contributed by atoms with Crippen LogP contribution in [0, 0.1) is 0 Å². The van der Waals surface area contributed by atoms with E-state index in [1.54, 1.807) is 0 Å². The van der Waals surface area contributed by atoms with Gasteiger partial charge < -0.3 is 9.32 Å². The number of aromatic amines is 1. The van der Waals surface area contributed by atoms with Gasteiger partial charge in [0.1, 0.15) is 0 Å². The molecule has 2 rings (SSSR count). The molecule has 0 saturated heterocycles. The molecule has 0 saturated carbocycles. The Morgan fingerprint density at radius 3 is 2.80 bits per heavy atom. The van der Waals surface area contributed by atoms with Crippen LogP contribution in [0.5, 0.6) is 0 Å². The van der Waals surface area contributed by atoms with Crippen LogP contribution in [0.25, 0.3) is 11.1 Å². The van der Waals surface area contributed by atoms with E-state index in [4.69, 9.17) is 4.42 Å². The van der Waals surface area contributed by atoms with Gasteiger partial charge in [-0.1, -0.05) is 0 Å². The highest BCUT2D eigenvalue weighted by molar-refractivity contribution is 7.89. The second-order valence-corrected chi connectivity index (χ2v) is 6.49. The highest BCUT2D eigenvalue weighted by Crippen LogP contribution is 2.16. The molecule has 0 bridgehead atoms. The summed E-state index contributed by atoms with van der Waals surface area (Å²) < 4.78 is 31.5. The van der Waals surface area contributed by atoms with Gasteiger partial charge in [-0.05, 0) is 45.3 Å². The highest BCUT2D eigenvalue weighted by atomic mass is 32.2. The smallest absolute Gasteiger partial charge is 0.408 e. The average molecular weight is 299 g/mol. The zero-order chi connectivity index (χ0) is 14.8. The summed E-state index contributed by atoms with van der Waals surface area (Å²) in [6, 6.07) is 4.25. The fourth-order valence-electron chi connectivity index (χ4n) is 1.78. The van der Waals surface area contributed by atoms with Crippen LogP contribution >= 0.6 is 0 Å². The van der Waals surface area contributed by atoms with E-state index in [9.17, 15) is 13.2 Å². The van der Waals surface area contributed by atoms with Gasteiger partial charge in [0.25, 0.3) is 0 Å². The summed E-state index contributed by atoms with van der Waals surface area (Å²) in [5.74, 6) is -0.603. The zero-order valence-electron chi connectivity index (χ0n) is 11.3. The van der Waals surface area contributed by atoms with Gasteiger partial charge in [0.15, 0.2) is 5.58 Å². The number of H-pyrrole nitrogens is 1. The van der Waals surface area contributed by atoms with Crippen molar-refractivity contribution < 1.29 is 12.8 Å². The summed E-state index contributed by atoms with van der Waals surface area (Å²) in [4.78, 5) is 15.6. The minimum absolute atomic E-state index is 0.104. The van der Waals surface area contributed by atoms with E-state index in [0.29, 0.717) is 17.6 Å². The van der Waals surface area contributed by atoms with E-state index in [0.717, 1.165) is 13.0 Å². The maximum absolute atomic E-state index is 12.1. The lowest BCUT2D eigenvalue weighted by atomic mass is 10.3. The van der Waals surface area contributed by atoms with Crippen molar-refractivity contribution in [3.05, 3.63) is 28.7 Å². The molecule has 8 heteroatoms. The molecule has 0 spiro atoms. The minimum atomic E-state index is -3.57. The summed E-state index contributed by atoms with van der Waals surface area (Å²) >= 11 is 0. The van der Waals surface area contributed by atoms with Crippen LogP contribution in [-0.4, -0.2) is 45.5 Å². The molecular weight excluding hydrogens is 282 g/mol. The number of oxazole rings is 1. The molecule has 1 heterocycles. The van der Waals surface area contributed by atoms with Crippen molar-refractivity contribution in [3.8, 4) is 0 Å². The second kappa shape index (κ2) is 5.78. The molecule has 0 aliphatic rings. The maximum Gasteiger partial charge on any atom is 0.417 e. The van der Waals surface area contributed by atoms with Crippen molar-refractivity contribution in [1.29, 1.82) is 0 Å². The van der Waals surface area contributed by atoms with Crippen molar-refractivity contribution in [3.63, 3.8) is 0 Å². The Morgan fingerprint density at radius 1 is 1.35 bits per heavy atom. The zero-order valence-corrected chi connectivity index (χ0v) is 12.2. The largest absolute Gasteiger partial charge is 0.417 e. The molecule has 0 radical (unpaired) electrons. The fourth-order valence-corrected chi connectivity index (χ4v) is 2.88. The summed E-state index contributed by atoms with van der Waals surface area (Å²) in [5, 5.41) is 0. The van der Waals surface area contributed by atoms with Crippen molar-refractivity contribution in [2.24, 2.45) is 0 Å². The monoisotopic (exact) mass is 299 g/mol. The highest BCUT2D eigenvalue weighted by Gasteiger charge is 2.15. The van der Waals surface area contributed by atoms with Crippen molar-refractivity contribution >= 4 is 21.1 Å². The van der Waals surface area contributed by atoms with E-state index in [1.165, 1.54) is 18.2 Å². The number of sulfonamides is 1. The maximum atomic E-state index is 12.1. The lowest BCUT2D eigenvalue weighted by Gasteiger charge is -2.10. The first-order valence-corrected chi connectivity index (χ1v) is 7.64. The second-order valence-electron chi connectivity index (χ2n) is 4.73. The summed E-state index contributed by atoms with van der Waals surface area (Å²) in [6.45, 7) is 1.16. The van der Waals surface area contributed by atoms with E-state index >= 15 is 0 Å². The van der Waals surface area contributed by atoms with E-state index in [-0.39, 0.29) is 4.90 Å². The Labute approximate surface area is 116 Å². The molecule has 2 aromatic rings. The number of hydrogen-bond acceptors (Lipinski definition) is 5. The van der Waals surface area contributed by atoms with Crippen LogP contribution in [0.2, 0.25) is 0 Å². The van der Waals surface area contributed by atoms with Gasteiger partial charge in [0.2, 0.25) is 10.0 Å². The Morgan fingerprint density at radius 2 is 2.10 bits per heavy atom. The lowest BCUT2D eigenvalue weighted by Crippen LogP contribution is -2.27. The number of rotatable bonds is 6. The Balaban J connectivity index is 2.12. The predicted molar refractivity (Wildman–Crippen MR) is 75.2 cm³/mol. The molecule has 7 nitrogen and oxygen atoms in total. The van der Waals surface area contributed by atoms with Gasteiger partial charge in [0.05, 0.1) is 10.4 Å². The third-order valence-corrected chi connectivity index (χ3v) is 4.23. The Bertz CT molecular complexity index is 745. The lowest BCUT2D eigenvalue weighted by molar-refractivity contribution is 0.400. The van der Waals surface area contributed by atoms with Gasteiger partial charge in [-0.2, -0.15) is 0 Å². The molecular formula is C12H17N3O4S. The third-order valence-electron chi connectivity index (χ3n) is 2.77. The number of aromatic nitrogens is 1. The number of nitrogens with zero attached hydrogens (tertiary/aromatic N) is 1. The average Bonchev–Trinajstić information content (AvgIpc) is 2.73. The molecule has 0 amide bonds. The van der Waals surface area contributed by atoms with Gasteiger partial charge in [-0.3, -0.25) is 4.98 Å². The van der Waals surface area contributed by atoms with E-state index < -0.39 is 15.8 Å². The predicted octanol–water partition coefficient (Wildman–Crippen LogP) is 0.351. The molecule has 0 atom stereocenters. The van der Waals surface area contributed by atoms with Gasteiger partial charge >= 0.3 is 5.76 Å². The van der Waals surface area contributed by atoms with E-state index in [1.807, 2.05) is 19.0 Å². The quantitative estimate of drug-likeness (QED) is 0.751. The molecule has 2 N–H and O–H groups in total. The number of fused-ring (bicyclic) bond motifs is 1. The number of hydrogen-bond donors (Lipinski definition) is 2. The molecule has 110 valence electrons. The van der Waals surface area contributed by atoms with Gasteiger partial charge in [-0.15, -0.1) is 0 Å². The molecule has 0 aliphatic carbocycles. The number of nitrogens with one attached hydrogen (secondary N) is 2. The van der Waals surface area contributed by atoms with Crippen molar-refractivity contribution in [2.75, 3.05) is 27.2 Å². The molecule has 0 fully saturated rings. The first kappa shape index (κ1) is 14.8. The fraction of sp³-hybridized carbons (Fsp3) is 0.417. The molecule has 1 aromatic carbocycles. The van der Waals surface area contributed by atoms with Crippen LogP contribution in [0.3, 0.4) is 0 Å². The number of benzene rings is 1. The molecule has 0 aliphatic heterocycles. The van der Waals surface area contributed by atoms with E-state index in [2.05, 4.69) is 9.71 Å². The standard InChI is InChI=1S/C12H17N3O4S/c1-15(2)7-3-6-13-20(17,18)9-4-5-11-10(8-9)14-12(16)19-11/h4-5,8,13H,3,6-7H2,1-2H3,(H,14,16). The summed E-state index contributed by atoms with van der Waals surface area (Å²) in [6.07, 6.45) is 0.719. The van der Waals surface area contributed by atoms with Crippen LogP contribution < -0.4 is 10.5 Å². The SMILES string of the molecule is CN(C)CCCNS(=O)(=O)c1ccc2oc(=O)[nH]c2c1. The first-order chi connectivity index (χ1) is 9.38. The molecule has 20 heavy (non-hydrogen) atoms. The van der Waals surface area contributed by atoms with Crippen LogP contribution in [0.4, 0.5) is 0 Å². The third kappa shape index (κ3) is 3.47. The Hall–Kier alpha value is -1.64. The summed E-state index contributed by atoms with van der Waals surface area (Å²) in [5.41, 5.74) is 0.702. The topological polar surface area (TPSA) is 95.4 Å². The van der Waals surface area contributed by atoms with Crippen molar-refractivity contribution in [1.82, 2.24) is 14.6 Å². The first-order valence-electron chi connectivity index (χ1n) is 6.16. The van der Waals surface area contributed by atoms with Crippen LogP contribution in [0.1, 0.15) is 6.42 Å². The van der Waals surface area contributed by atoms with Crippen LogP contribution in [0.15, 0.2) is 32.3 Å².